The lowest BCUT2D eigenvalue weighted by Crippen LogP contribution is -2.20. The highest BCUT2D eigenvalue weighted by molar-refractivity contribution is 5.75. The Kier molecular flexibility index (Phi) is 2.92. The van der Waals surface area contributed by atoms with Crippen molar-refractivity contribution in [2.24, 2.45) is 0 Å². The Balaban J connectivity index is 1.66. The lowest BCUT2D eigenvalue weighted by Gasteiger charge is -2.26. The van der Waals surface area contributed by atoms with Gasteiger partial charge in [0.05, 0.1) is 29.9 Å². The molecular formula is C17H15N3O. The topological polar surface area (TPSA) is 47.0 Å². The van der Waals surface area contributed by atoms with Crippen LogP contribution in [0.15, 0.2) is 54.7 Å². The molecule has 0 saturated heterocycles. The fourth-order valence-corrected chi connectivity index (χ4v) is 2.70. The predicted octanol–water partition coefficient (Wildman–Crippen LogP) is 3.57. The Morgan fingerprint density at radius 3 is 2.76 bits per heavy atom. The molecule has 4 rings (SSSR count). The van der Waals surface area contributed by atoms with E-state index in [0.717, 1.165) is 35.6 Å². The van der Waals surface area contributed by atoms with Gasteiger partial charge in [-0.05, 0) is 18.2 Å². The molecule has 1 N–H and O–H groups in total. The van der Waals surface area contributed by atoms with E-state index >= 15 is 0 Å². The van der Waals surface area contributed by atoms with E-state index in [2.05, 4.69) is 21.4 Å². The summed E-state index contributed by atoms with van der Waals surface area (Å²) in [5.74, 6) is 1.76. The Morgan fingerprint density at radius 2 is 1.81 bits per heavy atom. The number of nitrogens with zero attached hydrogens (tertiary/aromatic N) is 2. The van der Waals surface area contributed by atoms with Crippen LogP contribution in [0, 0.1) is 0 Å². The molecule has 0 amide bonds. The number of nitrogens with one attached hydrogen (secondary N) is 1. The number of benzene rings is 2. The number of rotatable bonds is 2. The van der Waals surface area contributed by atoms with Gasteiger partial charge < -0.3 is 10.1 Å². The van der Waals surface area contributed by atoms with Gasteiger partial charge in [-0.1, -0.05) is 30.3 Å². The zero-order valence-corrected chi connectivity index (χ0v) is 11.5. The highest BCUT2D eigenvalue weighted by Crippen LogP contribution is 2.33. The van der Waals surface area contributed by atoms with E-state index in [9.17, 15) is 0 Å². The summed E-state index contributed by atoms with van der Waals surface area (Å²) in [7, 11) is 0. The fraction of sp³-hybridized carbons (Fsp3) is 0.176. The molecule has 0 fully saturated rings. The van der Waals surface area contributed by atoms with Gasteiger partial charge in [0.1, 0.15) is 11.6 Å². The van der Waals surface area contributed by atoms with Gasteiger partial charge in [0.25, 0.3) is 0 Å². The van der Waals surface area contributed by atoms with Crippen molar-refractivity contribution in [2.45, 2.75) is 12.5 Å². The van der Waals surface area contributed by atoms with E-state index in [1.54, 1.807) is 6.20 Å². The molecule has 2 aromatic carbocycles. The van der Waals surface area contributed by atoms with Gasteiger partial charge in [-0.15, -0.1) is 0 Å². The van der Waals surface area contributed by atoms with Crippen LogP contribution in [0.5, 0.6) is 5.75 Å². The van der Waals surface area contributed by atoms with Crippen LogP contribution < -0.4 is 10.1 Å². The number of para-hydroxylation sites is 3. The largest absolute Gasteiger partial charge is 0.493 e. The summed E-state index contributed by atoms with van der Waals surface area (Å²) in [5, 5.41) is 3.48. The molecule has 4 nitrogen and oxygen atoms in total. The van der Waals surface area contributed by atoms with Crippen LogP contribution in [0.1, 0.15) is 18.0 Å². The average Bonchev–Trinajstić information content (AvgIpc) is 2.55. The van der Waals surface area contributed by atoms with Crippen molar-refractivity contribution >= 4 is 16.9 Å². The summed E-state index contributed by atoms with van der Waals surface area (Å²) in [6, 6.07) is 16.2. The van der Waals surface area contributed by atoms with Crippen molar-refractivity contribution in [3.05, 3.63) is 60.3 Å². The number of hydrogen-bond donors (Lipinski definition) is 1. The van der Waals surface area contributed by atoms with Crippen molar-refractivity contribution in [3.63, 3.8) is 0 Å². The Hall–Kier alpha value is -2.62. The van der Waals surface area contributed by atoms with E-state index in [1.807, 2.05) is 42.5 Å². The molecule has 3 aromatic rings. The van der Waals surface area contributed by atoms with Gasteiger partial charge in [-0.3, -0.25) is 4.98 Å². The van der Waals surface area contributed by atoms with E-state index in [0.29, 0.717) is 0 Å². The smallest absolute Gasteiger partial charge is 0.145 e. The van der Waals surface area contributed by atoms with Crippen molar-refractivity contribution in [2.75, 3.05) is 11.9 Å². The van der Waals surface area contributed by atoms with Gasteiger partial charge in [-0.2, -0.15) is 0 Å². The summed E-state index contributed by atoms with van der Waals surface area (Å²) in [6.07, 6.45) is 2.71. The molecule has 21 heavy (non-hydrogen) atoms. The summed E-state index contributed by atoms with van der Waals surface area (Å²) < 4.78 is 5.69. The second-order valence-corrected chi connectivity index (χ2v) is 5.12. The minimum atomic E-state index is 0.213. The third-order valence-corrected chi connectivity index (χ3v) is 3.73. The second-order valence-electron chi connectivity index (χ2n) is 5.12. The third kappa shape index (κ3) is 2.29. The molecule has 1 atom stereocenters. The highest BCUT2D eigenvalue weighted by Gasteiger charge is 2.21. The number of hydrogen-bond acceptors (Lipinski definition) is 4. The summed E-state index contributed by atoms with van der Waals surface area (Å²) in [5.41, 5.74) is 3.00. The first kappa shape index (κ1) is 12.1. The number of anilines is 1. The van der Waals surface area contributed by atoms with Gasteiger partial charge in [0, 0.05) is 12.0 Å². The van der Waals surface area contributed by atoms with Crippen LogP contribution in [0.3, 0.4) is 0 Å². The molecule has 1 aliphatic rings. The van der Waals surface area contributed by atoms with Crippen molar-refractivity contribution in [1.82, 2.24) is 9.97 Å². The molecule has 0 saturated carbocycles. The molecule has 0 aliphatic carbocycles. The van der Waals surface area contributed by atoms with Crippen molar-refractivity contribution in [3.8, 4) is 5.75 Å². The summed E-state index contributed by atoms with van der Waals surface area (Å²) >= 11 is 0. The van der Waals surface area contributed by atoms with Gasteiger partial charge in [0.2, 0.25) is 0 Å². The van der Waals surface area contributed by atoms with Crippen molar-refractivity contribution < 1.29 is 4.74 Å². The van der Waals surface area contributed by atoms with Crippen LogP contribution in [0.2, 0.25) is 0 Å². The van der Waals surface area contributed by atoms with E-state index in [-0.39, 0.29) is 6.04 Å². The molecule has 0 radical (unpaired) electrons. The fourth-order valence-electron chi connectivity index (χ4n) is 2.70. The molecule has 0 unspecified atom stereocenters. The average molecular weight is 277 g/mol. The maximum Gasteiger partial charge on any atom is 0.145 e. The first-order chi connectivity index (χ1) is 10.4. The predicted molar refractivity (Wildman–Crippen MR) is 82.5 cm³/mol. The van der Waals surface area contributed by atoms with Gasteiger partial charge in [-0.25, -0.2) is 4.98 Å². The zero-order chi connectivity index (χ0) is 14.1. The van der Waals surface area contributed by atoms with E-state index in [1.165, 1.54) is 5.56 Å². The molecule has 0 spiro atoms. The van der Waals surface area contributed by atoms with Crippen LogP contribution in [0.25, 0.3) is 11.0 Å². The summed E-state index contributed by atoms with van der Waals surface area (Å²) in [6.45, 7) is 0.718. The SMILES string of the molecule is c1ccc2c(c1)OCC[C@@H]2Nc1cnc2ccccc2n1. The van der Waals surface area contributed by atoms with Gasteiger partial charge >= 0.3 is 0 Å². The number of aromatic nitrogens is 2. The molecule has 0 bridgehead atoms. The Bertz CT molecular complexity index is 788. The quantitative estimate of drug-likeness (QED) is 0.778. The Morgan fingerprint density at radius 1 is 1.00 bits per heavy atom. The minimum Gasteiger partial charge on any atom is -0.493 e. The normalized spacial score (nSPS) is 17.0. The van der Waals surface area contributed by atoms with Crippen LogP contribution in [0.4, 0.5) is 5.82 Å². The maximum atomic E-state index is 5.69. The zero-order valence-electron chi connectivity index (χ0n) is 11.5. The minimum absolute atomic E-state index is 0.213. The molecule has 2 heterocycles. The number of fused-ring (bicyclic) bond motifs is 2. The van der Waals surface area contributed by atoms with E-state index < -0.39 is 0 Å². The van der Waals surface area contributed by atoms with Crippen LogP contribution in [-0.2, 0) is 0 Å². The standard InChI is InChI=1S/C17H15N3O/c1-4-8-16-12(5-1)13(9-10-21-16)19-17-11-18-14-6-2-3-7-15(14)20-17/h1-8,11,13H,9-10H2,(H,19,20)/t13-/m0/s1. The lowest BCUT2D eigenvalue weighted by atomic mass is 10.0. The first-order valence-electron chi connectivity index (χ1n) is 7.10. The van der Waals surface area contributed by atoms with Gasteiger partial charge in [0.15, 0.2) is 0 Å². The highest BCUT2D eigenvalue weighted by atomic mass is 16.5. The molecule has 4 heteroatoms. The van der Waals surface area contributed by atoms with Crippen LogP contribution in [-0.4, -0.2) is 16.6 Å². The lowest BCUT2D eigenvalue weighted by molar-refractivity contribution is 0.274. The first-order valence-corrected chi connectivity index (χ1v) is 7.10. The second kappa shape index (κ2) is 5.05. The molecular weight excluding hydrogens is 262 g/mol. The third-order valence-electron chi connectivity index (χ3n) is 3.73. The maximum absolute atomic E-state index is 5.69. The molecule has 1 aliphatic heterocycles. The summed E-state index contributed by atoms with van der Waals surface area (Å²) in [4.78, 5) is 9.07. The molecule has 104 valence electrons. The molecule has 1 aromatic heterocycles. The van der Waals surface area contributed by atoms with E-state index in [4.69, 9.17) is 4.74 Å². The number of ether oxygens (including phenoxy) is 1. The van der Waals surface area contributed by atoms with Crippen LogP contribution >= 0.6 is 0 Å². The Labute approximate surface area is 122 Å². The van der Waals surface area contributed by atoms with Crippen molar-refractivity contribution in [1.29, 1.82) is 0 Å². The monoisotopic (exact) mass is 277 g/mol.